The van der Waals surface area contributed by atoms with Gasteiger partial charge in [-0.05, 0) is 56.2 Å². The molecule has 5 rings (SSSR count). The molecular weight excluding hydrogens is 431 g/mol. The lowest BCUT2D eigenvalue weighted by atomic mass is 9.92. The Labute approximate surface area is 200 Å². The van der Waals surface area contributed by atoms with E-state index >= 15 is 0 Å². The highest BCUT2D eigenvalue weighted by atomic mass is 19.1. The van der Waals surface area contributed by atoms with Gasteiger partial charge in [0.15, 0.2) is 17.0 Å². The van der Waals surface area contributed by atoms with Crippen LogP contribution in [0.2, 0.25) is 0 Å². The Morgan fingerprint density at radius 3 is 2.50 bits per heavy atom. The number of nitrogens with zero attached hydrogens (tertiary/aromatic N) is 4. The quantitative estimate of drug-likeness (QED) is 0.354. The van der Waals surface area contributed by atoms with Crippen LogP contribution in [-0.2, 0) is 6.54 Å². The van der Waals surface area contributed by atoms with Crippen LogP contribution >= 0.6 is 0 Å². The number of rotatable bonds is 9. The Morgan fingerprint density at radius 1 is 0.971 bits per heavy atom. The normalized spacial score (nSPS) is 21.2. The highest BCUT2D eigenvalue weighted by Crippen LogP contribution is 2.33. The molecule has 0 radical (unpaired) electrons. The van der Waals surface area contributed by atoms with E-state index in [9.17, 15) is 4.39 Å². The molecule has 2 aliphatic carbocycles. The molecule has 2 fully saturated rings. The summed E-state index contributed by atoms with van der Waals surface area (Å²) in [6, 6.07) is 7.70. The summed E-state index contributed by atoms with van der Waals surface area (Å²) < 4.78 is 15.3. The Kier molecular flexibility index (Phi) is 7.20. The van der Waals surface area contributed by atoms with Gasteiger partial charge in [0.25, 0.3) is 0 Å². The Bertz CT molecular complexity index is 1070. The topological polar surface area (TPSA) is 106 Å². The number of benzene rings is 1. The van der Waals surface area contributed by atoms with Gasteiger partial charge in [-0.25, -0.2) is 9.37 Å². The minimum absolute atomic E-state index is 0.212. The molecule has 182 valence electrons. The third-order valence-electron chi connectivity index (χ3n) is 7.08. The molecule has 0 amide bonds. The van der Waals surface area contributed by atoms with Crippen molar-refractivity contribution in [3.63, 3.8) is 0 Å². The molecule has 2 heterocycles. The maximum Gasteiger partial charge on any atom is 0.227 e. The van der Waals surface area contributed by atoms with Crippen LogP contribution in [0, 0.1) is 5.82 Å². The fourth-order valence-corrected chi connectivity index (χ4v) is 5.10. The number of nitrogens with one attached hydrogen (secondary N) is 3. The molecule has 0 bridgehead atoms. The summed E-state index contributed by atoms with van der Waals surface area (Å²) in [4.78, 5) is 14.4. The Hall–Kier alpha value is -2.78. The van der Waals surface area contributed by atoms with Gasteiger partial charge in [-0.15, -0.1) is 0 Å². The summed E-state index contributed by atoms with van der Waals surface area (Å²) in [5, 5.41) is 10.4. The summed E-state index contributed by atoms with van der Waals surface area (Å²) in [5.74, 6) is 1.21. The standard InChI is InChI=1S/C25H35FN8/c26-18-7-5-17(6-8-18)15-28-13-14-29-23-22-24(34(16-30-22)21-3-1-2-4-21)33-25(32-23)31-20-11-9-19(27)10-12-20/h5-8,16,19-21,28H,1-4,9-15,27H2,(H2,29,31,32,33)/t19-,20-. The van der Waals surface area contributed by atoms with Gasteiger partial charge in [-0.1, -0.05) is 25.0 Å². The minimum atomic E-state index is -0.212. The lowest BCUT2D eigenvalue weighted by Crippen LogP contribution is -2.33. The molecule has 3 aromatic rings. The van der Waals surface area contributed by atoms with Crippen LogP contribution in [0.3, 0.4) is 0 Å². The van der Waals surface area contributed by atoms with Crippen molar-refractivity contribution in [3.05, 3.63) is 42.0 Å². The van der Waals surface area contributed by atoms with Crippen LogP contribution in [0.1, 0.15) is 63.0 Å². The molecule has 0 saturated heterocycles. The predicted molar refractivity (Wildman–Crippen MR) is 133 cm³/mol. The Balaban J connectivity index is 1.28. The van der Waals surface area contributed by atoms with Gasteiger partial charge in [-0.2, -0.15) is 9.97 Å². The van der Waals surface area contributed by atoms with E-state index in [1.807, 2.05) is 6.33 Å². The molecule has 9 heteroatoms. The number of hydrogen-bond donors (Lipinski definition) is 4. The highest BCUT2D eigenvalue weighted by molar-refractivity contribution is 5.84. The molecule has 34 heavy (non-hydrogen) atoms. The van der Waals surface area contributed by atoms with Crippen LogP contribution in [0.15, 0.2) is 30.6 Å². The molecule has 2 saturated carbocycles. The third kappa shape index (κ3) is 5.47. The average Bonchev–Trinajstić information content (AvgIpc) is 3.51. The van der Waals surface area contributed by atoms with E-state index < -0.39 is 0 Å². The number of nitrogens with two attached hydrogens (primary N) is 1. The van der Waals surface area contributed by atoms with Crippen molar-refractivity contribution in [1.29, 1.82) is 0 Å². The van der Waals surface area contributed by atoms with Crippen LogP contribution in [0.4, 0.5) is 16.2 Å². The first-order chi connectivity index (χ1) is 16.7. The second-order valence-electron chi connectivity index (χ2n) is 9.64. The molecule has 1 aromatic carbocycles. The summed E-state index contributed by atoms with van der Waals surface area (Å²) >= 11 is 0. The summed E-state index contributed by atoms with van der Waals surface area (Å²) in [5.41, 5.74) is 8.86. The summed E-state index contributed by atoms with van der Waals surface area (Å²) in [6.07, 6.45) is 10.9. The number of aromatic nitrogens is 4. The number of anilines is 2. The van der Waals surface area contributed by atoms with Gasteiger partial charge in [0.1, 0.15) is 5.82 Å². The first kappa shape index (κ1) is 23.0. The zero-order valence-electron chi connectivity index (χ0n) is 19.6. The van der Waals surface area contributed by atoms with Crippen molar-refractivity contribution < 1.29 is 4.39 Å². The SMILES string of the molecule is N[C@H]1CC[C@H](Nc2nc(NCCNCc3ccc(F)cc3)c3ncn(C4CCCC4)c3n2)CC1. The van der Waals surface area contributed by atoms with Gasteiger partial charge < -0.3 is 26.3 Å². The van der Waals surface area contributed by atoms with Gasteiger partial charge in [0.2, 0.25) is 5.95 Å². The Morgan fingerprint density at radius 2 is 1.74 bits per heavy atom. The molecular formula is C25H35FN8. The van der Waals surface area contributed by atoms with Gasteiger partial charge >= 0.3 is 0 Å². The zero-order valence-corrected chi connectivity index (χ0v) is 19.6. The second kappa shape index (κ2) is 10.7. The predicted octanol–water partition coefficient (Wildman–Crippen LogP) is 3.96. The van der Waals surface area contributed by atoms with E-state index in [0.717, 1.165) is 54.8 Å². The molecule has 2 aromatic heterocycles. The average molecular weight is 467 g/mol. The van der Waals surface area contributed by atoms with Crippen LogP contribution < -0.4 is 21.7 Å². The van der Waals surface area contributed by atoms with Crippen LogP contribution in [0.5, 0.6) is 0 Å². The fraction of sp³-hybridized carbons (Fsp3) is 0.560. The van der Waals surface area contributed by atoms with Crippen molar-refractivity contribution in [3.8, 4) is 0 Å². The zero-order chi connectivity index (χ0) is 23.3. The van der Waals surface area contributed by atoms with Crippen molar-refractivity contribution in [2.45, 2.75) is 76.0 Å². The lowest BCUT2D eigenvalue weighted by molar-refractivity contribution is 0.410. The number of hydrogen-bond acceptors (Lipinski definition) is 7. The number of imidazole rings is 1. The van der Waals surface area contributed by atoms with E-state index in [-0.39, 0.29) is 5.82 Å². The third-order valence-corrected chi connectivity index (χ3v) is 7.08. The summed E-state index contributed by atoms with van der Waals surface area (Å²) in [7, 11) is 0. The maximum absolute atomic E-state index is 13.1. The van der Waals surface area contributed by atoms with Gasteiger partial charge in [0, 0.05) is 37.8 Å². The molecule has 0 spiro atoms. The molecule has 0 atom stereocenters. The first-order valence-corrected chi connectivity index (χ1v) is 12.6. The molecule has 5 N–H and O–H groups in total. The molecule has 0 unspecified atom stereocenters. The smallest absolute Gasteiger partial charge is 0.227 e. The van der Waals surface area contributed by atoms with E-state index in [2.05, 4.69) is 20.5 Å². The molecule has 8 nitrogen and oxygen atoms in total. The number of halogens is 1. The van der Waals surface area contributed by atoms with E-state index in [1.54, 1.807) is 12.1 Å². The number of fused-ring (bicyclic) bond motifs is 1. The summed E-state index contributed by atoms with van der Waals surface area (Å²) in [6.45, 7) is 2.13. The molecule has 0 aliphatic heterocycles. The van der Waals surface area contributed by atoms with E-state index in [0.29, 0.717) is 37.2 Å². The second-order valence-corrected chi connectivity index (χ2v) is 9.64. The van der Waals surface area contributed by atoms with E-state index in [1.165, 1.54) is 37.8 Å². The van der Waals surface area contributed by atoms with Crippen molar-refractivity contribution in [2.24, 2.45) is 5.73 Å². The minimum Gasteiger partial charge on any atom is -0.367 e. The first-order valence-electron chi connectivity index (χ1n) is 12.6. The molecule has 2 aliphatic rings. The lowest BCUT2D eigenvalue weighted by Gasteiger charge is -2.27. The van der Waals surface area contributed by atoms with Crippen molar-refractivity contribution in [1.82, 2.24) is 24.8 Å². The van der Waals surface area contributed by atoms with Crippen molar-refractivity contribution in [2.75, 3.05) is 23.7 Å². The largest absolute Gasteiger partial charge is 0.367 e. The van der Waals surface area contributed by atoms with Gasteiger partial charge in [0.05, 0.1) is 6.33 Å². The van der Waals surface area contributed by atoms with Crippen LogP contribution in [-0.4, -0.2) is 44.7 Å². The highest BCUT2D eigenvalue weighted by Gasteiger charge is 2.23. The monoisotopic (exact) mass is 466 g/mol. The van der Waals surface area contributed by atoms with Crippen molar-refractivity contribution >= 4 is 22.9 Å². The maximum atomic E-state index is 13.1. The van der Waals surface area contributed by atoms with Gasteiger partial charge in [-0.3, -0.25) is 0 Å². The fourth-order valence-electron chi connectivity index (χ4n) is 5.10. The van der Waals surface area contributed by atoms with Crippen LogP contribution in [0.25, 0.3) is 11.2 Å². The van der Waals surface area contributed by atoms with E-state index in [4.69, 9.17) is 20.7 Å².